The van der Waals surface area contributed by atoms with Gasteiger partial charge in [0, 0.05) is 5.92 Å². The minimum atomic E-state index is 0. The van der Waals surface area contributed by atoms with E-state index in [1.807, 2.05) is 18.2 Å². The summed E-state index contributed by atoms with van der Waals surface area (Å²) in [6.45, 7) is 2.43. The number of halogens is 1. The number of benzene rings is 1. The standard InChI is InChI=1S/C14H17N3OS.ClH/c18-14(10-5-7-15-8-6-10)16-9-13-17-11-3-1-2-4-12(11)19-13;/h1-4,10,15H,5-9H2,(H,16,18);1H. The van der Waals surface area contributed by atoms with Gasteiger partial charge in [-0.2, -0.15) is 0 Å². The molecule has 1 fully saturated rings. The fourth-order valence-corrected chi connectivity index (χ4v) is 3.29. The zero-order valence-corrected chi connectivity index (χ0v) is 12.7. The summed E-state index contributed by atoms with van der Waals surface area (Å²) in [4.78, 5) is 16.5. The number of carbonyl (C=O) groups is 1. The van der Waals surface area contributed by atoms with Crippen molar-refractivity contribution in [1.82, 2.24) is 15.6 Å². The predicted octanol–water partition coefficient (Wildman–Crippen LogP) is 2.33. The molecule has 2 heterocycles. The Hall–Kier alpha value is -1.17. The van der Waals surface area contributed by atoms with Gasteiger partial charge < -0.3 is 10.6 Å². The van der Waals surface area contributed by atoms with Gasteiger partial charge in [-0.25, -0.2) is 4.98 Å². The Morgan fingerprint density at radius 1 is 1.35 bits per heavy atom. The molecule has 4 nitrogen and oxygen atoms in total. The van der Waals surface area contributed by atoms with Crippen molar-refractivity contribution in [2.24, 2.45) is 5.92 Å². The van der Waals surface area contributed by atoms with E-state index < -0.39 is 0 Å². The highest BCUT2D eigenvalue weighted by atomic mass is 35.5. The van der Waals surface area contributed by atoms with Crippen LogP contribution in [0.15, 0.2) is 24.3 Å². The van der Waals surface area contributed by atoms with Crippen LogP contribution in [0, 0.1) is 5.92 Å². The average Bonchev–Trinajstić information content (AvgIpc) is 2.88. The largest absolute Gasteiger partial charge is 0.349 e. The molecule has 0 unspecified atom stereocenters. The zero-order valence-electron chi connectivity index (χ0n) is 11.1. The van der Waals surface area contributed by atoms with Crippen molar-refractivity contribution in [3.05, 3.63) is 29.3 Å². The molecule has 0 bridgehead atoms. The van der Waals surface area contributed by atoms with Gasteiger partial charge in [-0.05, 0) is 38.1 Å². The number of thiazole rings is 1. The summed E-state index contributed by atoms with van der Waals surface area (Å²) in [6, 6.07) is 8.06. The van der Waals surface area contributed by atoms with Crippen molar-refractivity contribution in [3.63, 3.8) is 0 Å². The molecule has 0 aliphatic carbocycles. The number of rotatable bonds is 3. The van der Waals surface area contributed by atoms with Gasteiger partial charge in [-0.15, -0.1) is 23.7 Å². The number of amides is 1. The van der Waals surface area contributed by atoms with E-state index in [1.54, 1.807) is 11.3 Å². The van der Waals surface area contributed by atoms with Gasteiger partial charge >= 0.3 is 0 Å². The van der Waals surface area contributed by atoms with Crippen LogP contribution < -0.4 is 10.6 Å². The highest BCUT2D eigenvalue weighted by molar-refractivity contribution is 7.18. The van der Waals surface area contributed by atoms with E-state index in [0.717, 1.165) is 36.5 Å². The van der Waals surface area contributed by atoms with E-state index in [4.69, 9.17) is 0 Å². The Balaban J connectivity index is 0.00000147. The van der Waals surface area contributed by atoms with Gasteiger partial charge in [0.15, 0.2) is 0 Å². The van der Waals surface area contributed by atoms with Crippen LogP contribution in [0.1, 0.15) is 17.8 Å². The fraction of sp³-hybridized carbons (Fsp3) is 0.429. The van der Waals surface area contributed by atoms with Crippen molar-refractivity contribution in [2.45, 2.75) is 19.4 Å². The van der Waals surface area contributed by atoms with E-state index in [0.29, 0.717) is 6.54 Å². The van der Waals surface area contributed by atoms with E-state index in [2.05, 4.69) is 21.7 Å². The molecule has 108 valence electrons. The molecule has 20 heavy (non-hydrogen) atoms. The minimum absolute atomic E-state index is 0. The second kappa shape index (κ2) is 7.02. The van der Waals surface area contributed by atoms with E-state index >= 15 is 0 Å². The van der Waals surface area contributed by atoms with Crippen LogP contribution >= 0.6 is 23.7 Å². The van der Waals surface area contributed by atoms with Crippen LogP contribution in [0.5, 0.6) is 0 Å². The first-order valence-corrected chi connectivity index (χ1v) is 7.47. The second-order valence-corrected chi connectivity index (χ2v) is 5.93. The molecule has 6 heteroatoms. The van der Waals surface area contributed by atoms with Gasteiger partial charge in [0.05, 0.1) is 16.8 Å². The summed E-state index contributed by atoms with van der Waals surface area (Å²) < 4.78 is 1.17. The number of fused-ring (bicyclic) bond motifs is 1. The average molecular weight is 312 g/mol. The normalized spacial score (nSPS) is 15.8. The molecule has 2 N–H and O–H groups in total. The summed E-state index contributed by atoms with van der Waals surface area (Å²) in [5, 5.41) is 7.26. The maximum absolute atomic E-state index is 12.0. The molecule has 0 saturated carbocycles. The van der Waals surface area contributed by atoms with Gasteiger partial charge in [0.25, 0.3) is 0 Å². The molecule has 1 aliphatic rings. The Bertz CT molecular complexity index is 548. The number of nitrogens with zero attached hydrogens (tertiary/aromatic N) is 1. The molecular formula is C14H18ClN3OS. The lowest BCUT2D eigenvalue weighted by molar-refractivity contribution is -0.125. The number of hydrogen-bond donors (Lipinski definition) is 2. The van der Waals surface area contributed by atoms with Crippen molar-refractivity contribution < 1.29 is 4.79 Å². The SMILES string of the molecule is Cl.O=C(NCc1nc2ccccc2s1)C1CCNCC1. The number of piperidine rings is 1. The number of nitrogens with one attached hydrogen (secondary N) is 2. The molecule has 1 aliphatic heterocycles. The van der Waals surface area contributed by atoms with Gasteiger partial charge in [0.1, 0.15) is 5.01 Å². The second-order valence-electron chi connectivity index (χ2n) is 4.82. The van der Waals surface area contributed by atoms with Crippen molar-refractivity contribution in [1.29, 1.82) is 0 Å². The molecular weight excluding hydrogens is 294 g/mol. The monoisotopic (exact) mass is 311 g/mol. The molecule has 1 amide bonds. The molecule has 1 aromatic carbocycles. The smallest absolute Gasteiger partial charge is 0.223 e. The highest BCUT2D eigenvalue weighted by Gasteiger charge is 2.20. The minimum Gasteiger partial charge on any atom is -0.349 e. The maximum Gasteiger partial charge on any atom is 0.223 e. The Morgan fingerprint density at radius 3 is 2.85 bits per heavy atom. The first-order chi connectivity index (χ1) is 9.33. The third-order valence-electron chi connectivity index (χ3n) is 3.46. The fourth-order valence-electron chi connectivity index (χ4n) is 2.39. The molecule has 0 spiro atoms. The molecule has 2 aromatic rings. The van der Waals surface area contributed by atoms with Crippen molar-refractivity contribution in [3.8, 4) is 0 Å². The van der Waals surface area contributed by atoms with Crippen LogP contribution in [0.25, 0.3) is 10.2 Å². The third-order valence-corrected chi connectivity index (χ3v) is 4.50. The van der Waals surface area contributed by atoms with Crippen LogP contribution in [-0.4, -0.2) is 24.0 Å². The van der Waals surface area contributed by atoms with Crippen LogP contribution in [-0.2, 0) is 11.3 Å². The summed E-state index contributed by atoms with van der Waals surface area (Å²) in [5.74, 6) is 0.330. The van der Waals surface area contributed by atoms with Crippen molar-refractivity contribution >= 4 is 39.9 Å². The van der Waals surface area contributed by atoms with E-state index in [9.17, 15) is 4.79 Å². The summed E-state index contributed by atoms with van der Waals surface area (Å²) >= 11 is 1.65. The number of carbonyl (C=O) groups excluding carboxylic acids is 1. The Labute approximate surface area is 128 Å². The molecule has 0 atom stereocenters. The van der Waals surface area contributed by atoms with Gasteiger partial charge in [-0.1, -0.05) is 12.1 Å². The third kappa shape index (κ3) is 3.48. The predicted molar refractivity (Wildman–Crippen MR) is 84.3 cm³/mol. The lowest BCUT2D eigenvalue weighted by Gasteiger charge is -2.21. The molecule has 1 saturated heterocycles. The first-order valence-electron chi connectivity index (χ1n) is 6.66. The number of hydrogen-bond acceptors (Lipinski definition) is 4. The highest BCUT2D eigenvalue weighted by Crippen LogP contribution is 2.21. The van der Waals surface area contributed by atoms with Crippen LogP contribution in [0.3, 0.4) is 0 Å². The maximum atomic E-state index is 12.0. The Kier molecular flexibility index (Phi) is 5.34. The van der Waals surface area contributed by atoms with Gasteiger partial charge in [0.2, 0.25) is 5.91 Å². The van der Waals surface area contributed by atoms with Crippen molar-refractivity contribution in [2.75, 3.05) is 13.1 Å². The van der Waals surface area contributed by atoms with E-state index in [1.165, 1.54) is 4.70 Å². The topological polar surface area (TPSA) is 54.0 Å². The van der Waals surface area contributed by atoms with Crippen LogP contribution in [0.4, 0.5) is 0 Å². The number of aromatic nitrogens is 1. The summed E-state index contributed by atoms with van der Waals surface area (Å²) in [5.41, 5.74) is 1.01. The summed E-state index contributed by atoms with van der Waals surface area (Å²) in [7, 11) is 0. The lowest BCUT2D eigenvalue weighted by Crippen LogP contribution is -2.37. The quantitative estimate of drug-likeness (QED) is 0.915. The zero-order chi connectivity index (χ0) is 13.1. The van der Waals surface area contributed by atoms with Crippen LogP contribution in [0.2, 0.25) is 0 Å². The van der Waals surface area contributed by atoms with E-state index in [-0.39, 0.29) is 24.2 Å². The first kappa shape index (κ1) is 15.2. The number of para-hydroxylation sites is 1. The molecule has 3 rings (SSSR count). The molecule has 1 aromatic heterocycles. The Morgan fingerprint density at radius 2 is 2.10 bits per heavy atom. The van der Waals surface area contributed by atoms with Gasteiger partial charge in [-0.3, -0.25) is 4.79 Å². The lowest BCUT2D eigenvalue weighted by atomic mass is 9.97. The molecule has 0 radical (unpaired) electrons. The summed E-state index contributed by atoms with van der Waals surface area (Å²) in [6.07, 6.45) is 1.87.